The fourth-order valence-electron chi connectivity index (χ4n) is 2.97. The van der Waals surface area contributed by atoms with Crippen LogP contribution in [0, 0.1) is 11.8 Å². The molecule has 0 spiro atoms. The van der Waals surface area contributed by atoms with E-state index in [9.17, 15) is 4.79 Å². The van der Waals surface area contributed by atoms with E-state index < -0.39 is 0 Å². The van der Waals surface area contributed by atoms with Crippen LogP contribution in [0.4, 0.5) is 0 Å². The zero-order chi connectivity index (χ0) is 14.8. The summed E-state index contributed by atoms with van der Waals surface area (Å²) in [4.78, 5) is 11.9. The van der Waals surface area contributed by atoms with E-state index in [2.05, 4.69) is 12.2 Å². The summed E-state index contributed by atoms with van der Waals surface area (Å²) in [5.41, 5.74) is 5.87. The van der Waals surface area contributed by atoms with Gasteiger partial charge in [0.15, 0.2) is 0 Å². The smallest absolute Gasteiger partial charge is 0.236 e. The maximum atomic E-state index is 11.9. The van der Waals surface area contributed by atoms with Gasteiger partial charge in [-0.2, -0.15) is 11.8 Å². The van der Waals surface area contributed by atoms with E-state index in [0.29, 0.717) is 5.92 Å². The molecule has 0 saturated heterocycles. The molecule has 3 N–H and O–H groups in total. The first-order valence-electron chi connectivity index (χ1n) is 8.19. The van der Waals surface area contributed by atoms with Gasteiger partial charge >= 0.3 is 0 Å². The van der Waals surface area contributed by atoms with Gasteiger partial charge < -0.3 is 11.1 Å². The SMILES string of the molecule is CCCCC1CCC(CNC(=O)[C@@H](N)CCSC)CC1.Cl. The van der Waals surface area contributed by atoms with Gasteiger partial charge in [0.05, 0.1) is 6.04 Å². The number of hydrogen-bond acceptors (Lipinski definition) is 3. The summed E-state index contributed by atoms with van der Waals surface area (Å²) in [6, 6.07) is -0.330. The fourth-order valence-corrected chi connectivity index (χ4v) is 3.46. The minimum atomic E-state index is -0.330. The van der Waals surface area contributed by atoms with Crippen molar-refractivity contribution < 1.29 is 4.79 Å². The van der Waals surface area contributed by atoms with Gasteiger partial charge in [0.25, 0.3) is 0 Å². The van der Waals surface area contributed by atoms with Gasteiger partial charge in [-0.25, -0.2) is 0 Å². The lowest BCUT2D eigenvalue weighted by atomic mass is 9.80. The number of nitrogens with two attached hydrogens (primary N) is 1. The molecule has 0 unspecified atom stereocenters. The molecule has 0 radical (unpaired) electrons. The Balaban J connectivity index is 0.00000400. The van der Waals surface area contributed by atoms with Crippen LogP contribution in [-0.2, 0) is 4.79 Å². The minimum Gasteiger partial charge on any atom is -0.354 e. The molecule has 1 aliphatic rings. The van der Waals surface area contributed by atoms with Crippen molar-refractivity contribution in [2.75, 3.05) is 18.6 Å². The van der Waals surface area contributed by atoms with Crippen molar-refractivity contribution in [1.29, 1.82) is 0 Å². The Bertz CT molecular complexity index is 271. The van der Waals surface area contributed by atoms with E-state index in [1.54, 1.807) is 11.8 Å². The second-order valence-corrected chi connectivity index (χ2v) is 7.15. The van der Waals surface area contributed by atoms with Gasteiger partial charge in [0.2, 0.25) is 5.91 Å². The maximum Gasteiger partial charge on any atom is 0.236 e. The first-order chi connectivity index (χ1) is 9.67. The molecule has 1 rings (SSSR count). The number of rotatable bonds is 9. The van der Waals surface area contributed by atoms with Crippen LogP contribution < -0.4 is 11.1 Å². The molecule has 0 aromatic carbocycles. The Morgan fingerprint density at radius 3 is 2.48 bits per heavy atom. The highest BCUT2D eigenvalue weighted by Gasteiger charge is 2.22. The van der Waals surface area contributed by atoms with Crippen LogP contribution in [0.15, 0.2) is 0 Å². The van der Waals surface area contributed by atoms with Crippen molar-refractivity contribution in [3.63, 3.8) is 0 Å². The molecule has 1 aliphatic carbocycles. The number of hydrogen-bond donors (Lipinski definition) is 2. The Morgan fingerprint density at radius 1 is 1.29 bits per heavy atom. The molecule has 0 bridgehead atoms. The highest BCUT2D eigenvalue weighted by molar-refractivity contribution is 7.98. The van der Waals surface area contributed by atoms with Gasteiger partial charge in [0.1, 0.15) is 0 Å². The van der Waals surface area contributed by atoms with Gasteiger partial charge in [-0.3, -0.25) is 4.79 Å². The van der Waals surface area contributed by atoms with Crippen molar-refractivity contribution in [1.82, 2.24) is 5.32 Å². The predicted molar refractivity (Wildman–Crippen MR) is 96.2 cm³/mol. The third-order valence-electron chi connectivity index (χ3n) is 4.47. The van der Waals surface area contributed by atoms with Gasteiger partial charge in [-0.15, -0.1) is 12.4 Å². The molecule has 0 aromatic heterocycles. The summed E-state index contributed by atoms with van der Waals surface area (Å²) in [6.07, 6.45) is 12.1. The summed E-state index contributed by atoms with van der Waals surface area (Å²) in [7, 11) is 0. The molecule has 5 heteroatoms. The molecular weight excluding hydrogens is 304 g/mol. The third-order valence-corrected chi connectivity index (χ3v) is 5.11. The standard InChI is InChI=1S/C16H32N2OS.ClH/c1-3-4-5-13-6-8-14(9-7-13)12-18-16(19)15(17)10-11-20-2;/h13-15H,3-12,17H2,1-2H3,(H,18,19);1H/t13?,14?,15-;/m0./s1. The normalized spacial score (nSPS) is 23.2. The average molecular weight is 337 g/mol. The van der Waals surface area contributed by atoms with E-state index >= 15 is 0 Å². The second-order valence-electron chi connectivity index (χ2n) is 6.16. The highest BCUT2D eigenvalue weighted by Crippen LogP contribution is 2.31. The lowest BCUT2D eigenvalue weighted by Gasteiger charge is -2.28. The third kappa shape index (κ3) is 8.94. The Hall–Kier alpha value is 0.0700. The zero-order valence-corrected chi connectivity index (χ0v) is 15.2. The number of thioether (sulfide) groups is 1. The monoisotopic (exact) mass is 336 g/mol. The van der Waals surface area contributed by atoms with Crippen molar-refractivity contribution in [3.05, 3.63) is 0 Å². The molecular formula is C16H33ClN2OS. The van der Waals surface area contributed by atoms with E-state index in [4.69, 9.17) is 5.73 Å². The number of unbranched alkanes of at least 4 members (excludes halogenated alkanes) is 1. The predicted octanol–water partition coefficient (Wildman–Crippen LogP) is 3.60. The zero-order valence-electron chi connectivity index (χ0n) is 13.6. The quantitative estimate of drug-likeness (QED) is 0.676. The summed E-state index contributed by atoms with van der Waals surface area (Å²) in [5.74, 6) is 2.60. The molecule has 0 heterocycles. The topological polar surface area (TPSA) is 55.1 Å². The Morgan fingerprint density at radius 2 is 1.90 bits per heavy atom. The molecule has 21 heavy (non-hydrogen) atoms. The molecule has 126 valence electrons. The molecule has 1 amide bonds. The summed E-state index contributed by atoms with van der Waals surface area (Å²) in [5, 5.41) is 3.05. The van der Waals surface area contributed by atoms with Crippen molar-refractivity contribution >= 4 is 30.1 Å². The van der Waals surface area contributed by atoms with Crippen molar-refractivity contribution in [3.8, 4) is 0 Å². The van der Waals surface area contributed by atoms with Crippen LogP contribution >= 0.6 is 24.2 Å². The van der Waals surface area contributed by atoms with E-state index in [1.165, 1.54) is 44.9 Å². The van der Waals surface area contributed by atoms with E-state index in [0.717, 1.165) is 24.6 Å². The van der Waals surface area contributed by atoms with Crippen LogP contribution in [0.25, 0.3) is 0 Å². The minimum absolute atomic E-state index is 0. The number of carbonyl (C=O) groups is 1. The summed E-state index contributed by atoms with van der Waals surface area (Å²) in [6.45, 7) is 3.09. The highest BCUT2D eigenvalue weighted by atomic mass is 35.5. The second kappa shape index (κ2) is 12.6. The maximum absolute atomic E-state index is 11.9. The lowest BCUT2D eigenvalue weighted by Crippen LogP contribution is -2.43. The molecule has 3 nitrogen and oxygen atoms in total. The van der Waals surface area contributed by atoms with Crippen LogP contribution in [-0.4, -0.2) is 30.5 Å². The molecule has 0 aromatic rings. The van der Waals surface area contributed by atoms with Crippen LogP contribution in [0.2, 0.25) is 0 Å². The Labute approximate surface area is 141 Å². The van der Waals surface area contributed by atoms with Gasteiger partial charge in [-0.05, 0) is 43.1 Å². The fraction of sp³-hybridized carbons (Fsp3) is 0.938. The lowest BCUT2D eigenvalue weighted by molar-refractivity contribution is -0.122. The number of carbonyl (C=O) groups excluding carboxylic acids is 1. The van der Waals surface area contributed by atoms with Crippen molar-refractivity contribution in [2.45, 2.75) is 64.3 Å². The van der Waals surface area contributed by atoms with Crippen LogP contribution in [0.5, 0.6) is 0 Å². The van der Waals surface area contributed by atoms with Crippen molar-refractivity contribution in [2.24, 2.45) is 17.6 Å². The van der Waals surface area contributed by atoms with E-state index in [1.807, 2.05) is 6.26 Å². The van der Waals surface area contributed by atoms with Gasteiger partial charge in [-0.1, -0.05) is 39.0 Å². The number of halogens is 1. The van der Waals surface area contributed by atoms with E-state index in [-0.39, 0.29) is 24.4 Å². The summed E-state index contributed by atoms with van der Waals surface area (Å²) >= 11 is 1.74. The largest absolute Gasteiger partial charge is 0.354 e. The first kappa shape index (κ1) is 21.1. The Kier molecular flexibility index (Phi) is 12.6. The number of nitrogens with one attached hydrogen (secondary N) is 1. The average Bonchev–Trinajstić information content (AvgIpc) is 2.49. The van der Waals surface area contributed by atoms with Crippen LogP contribution in [0.1, 0.15) is 58.3 Å². The number of amides is 1. The molecule has 0 aliphatic heterocycles. The summed E-state index contributed by atoms with van der Waals surface area (Å²) < 4.78 is 0. The molecule has 1 fully saturated rings. The van der Waals surface area contributed by atoms with Gasteiger partial charge in [0, 0.05) is 6.54 Å². The first-order valence-corrected chi connectivity index (χ1v) is 9.59. The molecule has 1 saturated carbocycles. The van der Waals surface area contributed by atoms with Crippen LogP contribution in [0.3, 0.4) is 0 Å². The molecule has 1 atom stereocenters.